The van der Waals surface area contributed by atoms with Crippen molar-refractivity contribution in [2.45, 2.75) is 75.2 Å². The van der Waals surface area contributed by atoms with Gasteiger partial charge in [0.15, 0.2) is 0 Å². The highest BCUT2D eigenvalue weighted by molar-refractivity contribution is 8.02. The molecular weight excluding hydrogens is 494 g/mol. The number of thioether (sulfide) groups is 1. The Balaban J connectivity index is 1.50. The number of nitrogens with one attached hydrogen (secondary N) is 1. The molecule has 37 heavy (non-hydrogen) atoms. The quantitative estimate of drug-likeness (QED) is 0.472. The molecule has 1 aromatic heterocycles. The third-order valence-electron chi connectivity index (χ3n) is 8.17. The topological polar surface area (TPSA) is 127 Å². The van der Waals surface area contributed by atoms with E-state index in [0.717, 1.165) is 11.0 Å². The van der Waals surface area contributed by atoms with Gasteiger partial charge in [-0.05, 0) is 51.2 Å². The molecule has 1 aromatic carbocycles. The van der Waals surface area contributed by atoms with E-state index in [9.17, 15) is 19.5 Å². The first-order chi connectivity index (χ1) is 17.7. The zero-order valence-electron chi connectivity index (χ0n) is 21.7. The third kappa shape index (κ3) is 4.01. The molecule has 3 fully saturated rings. The molecule has 10 nitrogen and oxygen atoms in total. The minimum atomic E-state index is -0.818. The smallest absolute Gasteiger partial charge is 0.311 e. The highest BCUT2D eigenvalue weighted by atomic mass is 32.2. The molecule has 0 saturated carbocycles. The lowest BCUT2D eigenvalue weighted by Crippen LogP contribution is -2.56. The zero-order valence-corrected chi connectivity index (χ0v) is 22.5. The van der Waals surface area contributed by atoms with Gasteiger partial charge in [0, 0.05) is 4.75 Å². The van der Waals surface area contributed by atoms with Crippen LogP contribution in [0.25, 0.3) is 11.0 Å². The van der Waals surface area contributed by atoms with E-state index in [4.69, 9.17) is 4.74 Å². The highest BCUT2D eigenvalue weighted by Crippen LogP contribution is 2.71. The standard InChI is InChI=1S/C26H35N5O5S/c1-5-36-24(35)20-19-23(34)31(16(13-32)12-15(2)3)21(26(19)11-10-25(20,4)37-26)22(33)27-14-30-18-9-7-6-8-17(18)28-29-30/h6-9,15-16,19-21,32H,5,10-14H2,1-4H3,(H,27,33)/t16-,19+,20+,21?,25-,26?/m1/s1. The number of benzene rings is 1. The summed E-state index contributed by atoms with van der Waals surface area (Å²) in [4.78, 5) is 42.9. The minimum Gasteiger partial charge on any atom is -0.466 e. The second-order valence-corrected chi connectivity index (χ2v) is 12.9. The number of carbonyl (C=O) groups excluding carboxylic acids is 3. The second kappa shape index (κ2) is 9.58. The number of esters is 1. The summed E-state index contributed by atoms with van der Waals surface area (Å²) >= 11 is 1.59. The van der Waals surface area contributed by atoms with Crippen molar-refractivity contribution in [3.8, 4) is 0 Å². The monoisotopic (exact) mass is 529 g/mol. The van der Waals surface area contributed by atoms with Crippen LogP contribution in [0.3, 0.4) is 0 Å². The van der Waals surface area contributed by atoms with E-state index in [-0.39, 0.29) is 43.6 Å². The SMILES string of the molecule is CCOC(=O)[C@@H]1[C@H]2C(=O)N([C@@H](CO)CC(C)C)C(C(=O)NCn3nnc4ccccc43)C23CC[C@@]1(C)S3. The Labute approximate surface area is 220 Å². The summed E-state index contributed by atoms with van der Waals surface area (Å²) in [6.07, 6.45) is 1.90. The van der Waals surface area contributed by atoms with Gasteiger partial charge < -0.3 is 20.1 Å². The fourth-order valence-corrected chi connectivity index (χ4v) is 9.08. The maximum atomic E-state index is 14.1. The number of nitrogens with zero attached hydrogens (tertiary/aromatic N) is 4. The predicted octanol–water partition coefficient (Wildman–Crippen LogP) is 1.96. The molecule has 3 aliphatic rings. The van der Waals surface area contributed by atoms with Crippen molar-refractivity contribution in [1.29, 1.82) is 0 Å². The summed E-state index contributed by atoms with van der Waals surface area (Å²) in [5.74, 6) is -2.01. The van der Waals surface area contributed by atoms with Crippen LogP contribution in [-0.4, -0.2) is 77.6 Å². The van der Waals surface area contributed by atoms with Gasteiger partial charge in [-0.1, -0.05) is 31.2 Å². The van der Waals surface area contributed by atoms with Crippen LogP contribution in [0.1, 0.15) is 47.0 Å². The van der Waals surface area contributed by atoms with Crippen molar-refractivity contribution in [1.82, 2.24) is 25.2 Å². The van der Waals surface area contributed by atoms with Crippen LogP contribution in [0, 0.1) is 17.8 Å². The van der Waals surface area contributed by atoms with Crippen LogP contribution in [0.5, 0.6) is 0 Å². The lowest BCUT2D eigenvalue weighted by molar-refractivity contribution is -0.155. The summed E-state index contributed by atoms with van der Waals surface area (Å²) in [6, 6.07) is 6.15. The summed E-state index contributed by atoms with van der Waals surface area (Å²) in [6.45, 7) is 7.89. The van der Waals surface area contributed by atoms with Gasteiger partial charge in [0.1, 0.15) is 18.2 Å². The summed E-state index contributed by atoms with van der Waals surface area (Å²) < 4.78 is 5.80. The Morgan fingerprint density at radius 1 is 1.30 bits per heavy atom. The molecule has 3 saturated heterocycles. The van der Waals surface area contributed by atoms with Crippen molar-refractivity contribution >= 4 is 40.6 Å². The number of aromatic nitrogens is 3. The Morgan fingerprint density at radius 2 is 2.05 bits per heavy atom. The van der Waals surface area contributed by atoms with E-state index in [2.05, 4.69) is 15.6 Å². The summed E-state index contributed by atoms with van der Waals surface area (Å²) in [5.41, 5.74) is 1.51. The molecule has 200 valence electrons. The molecule has 4 heterocycles. The second-order valence-electron chi connectivity index (χ2n) is 11.0. The summed E-state index contributed by atoms with van der Waals surface area (Å²) in [7, 11) is 0. The number of amides is 2. The van der Waals surface area contributed by atoms with E-state index in [0.29, 0.717) is 19.3 Å². The van der Waals surface area contributed by atoms with E-state index < -0.39 is 33.4 Å². The third-order valence-corrected chi connectivity index (χ3v) is 10.2. The predicted molar refractivity (Wildman–Crippen MR) is 138 cm³/mol. The fraction of sp³-hybridized carbons (Fsp3) is 0.654. The van der Waals surface area contributed by atoms with E-state index in [1.807, 2.05) is 45.0 Å². The minimum absolute atomic E-state index is 0.0931. The van der Waals surface area contributed by atoms with Crippen LogP contribution in [0.15, 0.2) is 24.3 Å². The molecule has 1 spiro atoms. The molecule has 11 heteroatoms. The lowest BCUT2D eigenvalue weighted by atomic mass is 9.66. The Morgan fingerprint density at radius 3 is 2.76 bits per heavy atom. The number of aliphatic hydroxyl groups is 1. The van der Waals surface area contributed by atoms with Crippen LogP contribution in [-0.2, 0) is 25.8 Å². The Bertz CT molecular complexity index is 1220. The number of fused-ring (bicyclic) bond motifs is 2. The zero-order chi connectivity index (χ0) is 26.5. The van der Waals surface area contributed by atoms with E-state index in [1.165, 1.54) is 0 Å². The molecule has 2 aromatic rings. The Kier molecular flexibility index (Phi) is 6.72. The molecule has 0 aliphatic carbocycles. The molecule has 0 radical (unpaired) electrons. The molecule has 2 bridgehead atoms. The van der Waals surface area contributed by atoms with Gasteiger partial charge >= 0.3 is 5.97 Å². The Hall–Kier alpha value is -2.66. The van der Waals surface area contributed by atoms with Gasteiger partial charge in [-0.25, -0.2) is 4.68 Å². The van der Waals surface area contributed by atoms with Crippen molar-refractivity contribution in [3.05, 3.63) is 24.3 Å². The average molecular weight is 530 g/mol. The van der Waals surface area contributed by atoms with Crippen LogP contribution >= 0.6 is 11.8 Å². The largest absolute Gasteiger partial charge is 0.466 e. The first kappa shape index (κ1) is 26.0. The first-order valence-corrected chi connectivity index (χ1v) is 13.8. The van der Waals surface area contributed by atoms with Gasteiger partial charge in [-0.15, -0.1) is 16.9 Å². The van der Waals surface area contributed by atoms with Crippen molar-refractivity contribution in [2.75, 3.05) is 13.2 Å². The molecule has 2 N–H and O–H groups in total. The number of likely N-dealkylation sites (tertiary alicyclic amines) is 1. The normalized spacial score (nSPS) is 31.2. The van der Waals surface area contributed by atoms with Gasteiger partial charge in [-0.2, -0.15) is 0 Å². The lowest BCUT2D eigenvalue weighted by Gasteiger charge is -2.37. The highest BCUT2D eigenvalue weighted by Gasteiger charge is 2.78. The molecule has 3 aliphatic heterocycles. The van der Waals surface area contributed by atoms with Crippen LogP contribution in [0.2, 0.25) is 0 Å². The number of ether oxygens (including phenoxy) is 1. The van der Waals surface area contributed by atoms with Gasteiger partial charge in [-0.3, -0.25) is 14.4 Å². The van der Waals surface area contributed by atoms with Crippen molar-refractivity contribution in [3.63, 3.8) is 0 Å². The molecule has 2 unspecified atom stereocenters. The average Bonchev–Trinajstić information content (AvgIpc) is 3.56. The number of hydrogen-bond donors (Lipinski definition) is 2. The van der Waals surface area contributed by atoms with Crippen molar-refractivity contribution < 1.29 is 24.2 Å². The first-order valence-electron chi connectivity index (χ1n) is 13.0. The molecule has 5 rings (SSSR count). The number of para-hydroxylation sites is 1. The fourth-order valence-electron chi connectivity index (χ4n) is 6.75. The molecule has 2 amide bonds. The van der Waals surface area contributed by atoms with Gasteiger partial charge in [0.25, 0.3) is 0 Å². The summed E-state index contributed by atoms with van der Waals surface area (Å²) in [5, 5.41) is 21.6. The maximum Gasteiger partial charge on any atom is 0.311 e. The van der Waals surface area contributed by atoms with Gasteiger partial charge in [0.2, 0.25) is 11.8 Å². The van der Waals surface area contributed by atoms with E-state index in [1.54, 1.807) is 28.3 Å². The maximum absolute atomic E-state index is 14.1. The molecule has 6 atom stereocenters. The number of carbonyl (C=O) groups is 3. The number of rotatable bonds is 9. The molecular formula is C26H35N5O5S. The van der Waals surface area contributed by atoms with Crippen LogP contribution < -0.4 is 5.32 Å². The number of hydrogen-bond acceptors (Lipinski definition) is 8. The number of aliphatic hydroxyl groups excluding tert-OH is 1. The van der Waals surface area contributed by atoms with Crippen molar-refractivity contribution in [2.24, 2.45) is 17.8 Å². The van der Waals surface area contributed by atoms with Gasteiger partial charge in [0.05, 0.1) is 41.4 Å². The van der Waals surface area contributed by atoms with Crippen LogP contribution in [0.4, 0.5) is 0 Å². The van der Waals surface area contributed by atoms with E-state index >= 15 is 0 Å².